The van der Waals surface area contributed by atoms with Crippen molar-refractivity contribution in [3.63, 3.8) is 0 Å². The highest BCUT2D eigenvalue weighted by Crippen LogP contribution is 2.17. The molecule has 3 nitrogen and oxygen atoms in total. The van der Waals surface area contributed by atoms with E-state index in [0.717, 1.165) is 13.0 Å². The van der Waals surface area contributed by atoms with E-state index in [1.165, 1.54) is 5.56 Å². The average molecular weight is 237 g/mol. The predicted molar refractivity (Wildman–Crippen MR) is 70.1 cm³/mol. The first kappa shape index (κ1) is 14.2. The van der Waals surface area contributed by atoms with E-state index in [1.807, 2.05) is 25.1 Å². The maximum atomic E-state index is 9.15. The molecule has 1 aromatic carbocycles. The first-order valence-electron chi connectivity index (χ1n) is 6.13. The van der Waals surface area contributed by atoms with Crippen LogP contribution in [0.15, 0.2) is 30.3 Å². The Morgan fingerprint density at radius 3 is 2.29 bits per heavy atom. The van der Waals surface area contributed by atoms with Crippen molar-refractivity contribution in [2.75, 3.05) is 19.8 Å². The van der Waals surface area contributed by atoms with E-state index >= 15 is 0 Å². The van der Waals surface area contributed by atoms with E-state index in [-0.39, 0.29) is 13.2 Å². The summed E-state index contributed by atoms with van der Waals surface area (Å²) in [5.74, 6) is 0.477. The lowest BCUT2D eigenvalue weighted by atomic mass is 9.97. The molecule has 0 saturated heterocycles. The Labute approximate surface area is 103 Å². The number of aliphatic hydroxyl groups excluding tert-OH is 2. The molecule has 0 amide bonds. The molecule has 0 aliphatic heterocycles. The standard InChI is InChI=1S/C14H23NO2/c1-12(13-6-4-3-5-7-13)8-9-15-14(2,10-16)11-17/h3-7,12,15-17H,8-11H2,1-2H3. The quantitative estimate of drug-likeness (QED) is 0.674. The van der Waals surface area contributed by atoms with Crippen molar-refractivity contribution in [2.45, 2.75) is 31.7 Å². The fourth-order valence-electron chi connectivity index (χ4n) is 1.70. The lowest BCUT2D eigenvalue weighted by Crippen LogP contribution is -2.49. The second kappa shape index (κ2) is 6.74. The molecule has 1 atom stereocenters. The van der Waals surface area contributed by atoms with Crippen molar-refractivity contribution in [1.82, 2.24) is 5.32 Å². The summed E-state index contributed by atoms with van der Waals surface area (Å²) in [5.41, 5.74) is 0.750. The van der Waals surface area contributed by atoms with Crippen LogP contribution in [0.1, 0.15) is 31.7 Å². The molecule has 1 rings (SSSR count). The van der Waals surface area contributed by atoms with Crippen molar-refractivity contribution in [3.8, 4) is 0 Å². The first-order valence-corrected chi connectivity index (χ1v) is 6.13. The van der Waals surface area contributed by atoms with Crippen molar-refractivity contribution in [2.24, 2.45) is 0 Å². The van der Waals surface area contributed by atoms with Gasteiger partial charge in [-0.25, -0.2) is 0 Å². The number of aliphatic hydroxyl groups is 2. The van der Waals surface area contributed by atoms with Gasteiger partial charge in [0.1, 0.15) is 0 Å². The molecule has 96 valence electrons. The highest BCUT2D eigenvalue weighted by Gasteiger charge is 2.21. The lowest BCUT2D eigenvalue weighted by molar-refractivity contribution is 0.104. The lowest BCUT2D eigenvalue weighted by Gasteiger charge is -2.27. The Balaban J connectivity index is 2.37. The Kier molecular flexibility index (Phi) is 5.62. The summed E-state index contributed by atoms with van der Waals surface area (Å²) < 4.78 is 0. The Morgan fingerprint density at radius 2 is 1.76 bits per heavy atom. The Bertz CT molecular complexity index is 309. The molecular formula is C14H23NO2. The molecule has 0 aromatic heterocycles. The molecular weight excluding hydrogens is 214 g/mol. The smallest absolute Gasteiger partial charge is 0.0633 e. The van der Waals surface area contributed by atoms with Crippen LogP contribution in [-0.4, -0.2) is 35.5 Å². The molecule has 0 aliphatic carbocycles. The average Bonchev–Trinajstić information content (AvgIpc) is 2.39. The van der Waals surface area contributed by atoms with E-state index < -0.39 is 5.54 Å². The zero-order valence-electron chi connectivity index (χ0n) is 10.7. The summed E-state index contributed by atoms with van der Waals surface area (Å²) in [7, 11) is 0. The molecule has 3 N–H and O–H groups in total. The van der Waals surface area contributed by atoms with Crippen LogP contribution in [0.25, 0.3) is 0 Å². The summed E-state index contributed by atoms with van der Waals surface area (Å²) in [5, 5.41) is 21.5. The van der Waals surface area contributed by atoms with Gasteiger partial charge in [-0.05, 0) is 31.4 Å². The van der Waals surface area contributed by atoms with Crippen molar-refractivity contribution in [1.29, 1.82) is 0 Å². The number of rotatable bonds is 7. The molecule has 0 spiro atoms. The van der Waals surface area contributed by atoms with Crippen LogP contribution in [-0.2, 0) is 0 Å². The molecule has 0 aliphatic rings. The van der Waals surface area contributed by atoms with Crippen molar-refractivity contribution < 1.29 is 10.2 Å². The molecule has 0 fully saturated rings. The maximum Gasteiger partial charge on any atom is 0.0633 e. The minimum absolute atomic E-state index is 0.0524. The third-order valence-corrected chi connectivity index (χ3v) is 3.20. The largest absolute Gasteiger partial charge is 0.394 e. The Morgan fingerprint density at radius 1 is 1.18 bits per heavy atom. The van der Waals surface area contributed by atoms with Crippen LogP contribution in [0.2, 0.25) is 0 Å². The van der Waals surface area contributed by atoms with E-state index in [4.69, 9.17) is 10.2 Å². The fraction of sp³-hybridized carbons (Fsp3) is 0.571. The second-order valence-corrected chi connectivity index (χ2v) is 4.90. The topological polar surface area (TPSA) is 52.5 Å². The van der Waals surface area contributed by atoms with Gasteiger partial charge in [0, 0.05) is 0 Å². The molecule has 0 radical (unpaired) electrons. The number of nitrogens with one attached hydrogen (secondary N) is 1. The number of hydrogen-bond acceptors (Lipinski definition) is 3. The molecule has 17 heavy (non-hydrogen) atoms. The van der Waals surface area contributed by atoms with Gasteiger partial charge in [0.25, 0.3) is 0 Å². The van der Waals surface area contributed by atoms with Gasteiger partial charge in [0.05, 0.1) is 18.8 Å². The van der Waals surface area contributed by atoms with Gasteiger partial charge in [0.15, 0.2) is 0 Å². The van der Waals surface area contributed by atoms with Gasteiger partial charge in [-0.2, -0.15) is 0 Å². The summed E-state index contributed by atoms with van der Waals surface area (Å²) >= 11 is 0. The van der Waals surface area contributed by atoms with E-state index in [1.54, 1.807) is 0 Å². The van der Waals surface area contributed by atoms with Gasteiger partial charge >= 0.3 is 0 Å². The molecule has 0 saturated carbocycles. The van der Waals surface area contributed by atoms with Gasteiger partial charge in [-0.1, -0.05) is 37.3 Å². The molecule has 3 heteroatoms. The summed E-state index contributed by atoms with van der Waals surface area (Å²) in [4.78, 5) is 0. The molecule has 1 aromatic rings. The third kappa shape index (κ3) is 4.46. The van der Waals surface area contributed by atoms with Crippen LogP contribution in [0, 0.1) is 0 Å². The zero-order valence-corrected chi connectivity index (χ0v) is 10.7. The normalized spacial score (nSPS) is 13.6. The van der Waals surface area contributed by atoms with Gasteiger partial charge in [0.2, 0.25) is 0 Å². The molecule has 1 unspecified atom stereocenters. The SMILES string of the molecule is CC(CCNC(C)(CO)CO)c1ccccc1. The number of benzene rings is 1. The maximum absolute atomic E-state index is 9.15. The first-order chi connectivity index (χ1) is 8.11. The van der Waals surface area contributed by atoms with Gasteiger partial charge < -0.3 is 15.5 Å². The summed E-state index contributed by atoms with van der Waals surface area (Å²) in [6, 6.07) is 10.4. The third-order valence-electron chi connectivity index (χ3n) is 3.20. The van der Waals surface area contributed by atoms with Crippen molar-refractivity contribution >= 4 is 0 Å². The summed E-state index contributed by atoms with van der Waals surface area (Å²) in [6.45, 7) is 4.69. The van der Waals surface area contributed by atoms with Gasteiger partial charge in [-0.3, -0.25) is 0 Å². The summed E-state index contributed by atoms with van der Waals surface area (Å²) in [6.07, 6.45) is 0.986. The van der Waals surface area contributed by atoms with Crippen LogP contribution in [0.4, 0.5) is 0 Å². The highest BCUT2D eigenvalue weighted by molar-refractivity contribution is 5.18. The van der Waals surface area contributed by atoms with Crippen molar-refractivity contribution in [3.05, 3.63) is 35.9 Å². The molecule has 0 bridgehead atoms. The minimum Gasteiger partial charge on any atom is -0.394 e. The van der Waals surface area contributed by atoms with Crippen LogP contribution in [0.5, 0.6) is 0 Å². The van der Waals surface area contributed by atoms with E-state index in [2.05, 4.69) is 24.4 Å². The van der Waals surface area contributed by atoms with Crippen LogP contribution < -0.4 is 5.32 Å². The fourth-order valence-corrected chi connectivity index (χ4v) is 1.70. The van der Waals surface area contributed by atoms with E-state index in [9.17, 15) is 0 Å². The minimum atomic E-state index is -0.573. The van der Waals surface area contributed by atoms with Crippen LogP contribution in [0.3, 0.4) is 0 Å². The monoisotopic (exact) mass is 237 g/mol. The van der Waals surface area contributed by atoms with Gasteiger partial charge in [-0.15, -0.1) is 0 Å². The second-order valence-electron chi connectivity index (χ2n) is 4.90. The zero-order chi connectivity index (χ0) is 12.7. The predicted octanol–water partition coefficient (Wildman–Crippen LogP) is 1.51. The van der Waals surface area contributed by atoms with E-state index in [0.29, 0.717) is 5.92 Å². The molecule has 0 heterocycles. The van der Waals surface area contributed by atoms with Crippen LogP contribution >= 0.6 is 0 Å². The Hall–Kier alpha value is -0.900. The highest BCUT2D eigenvalue weighted by atomic mass is 16.3. The number of hydrogen-bond donors (Lipinski definition) is 3.